The lowest BCUT2D eigenvalue weighted by Crippen LogP contribution is -2.49. The first-order chi connectivity index (χ1) is 14.3. The zero-order valence-electron chi connectivity index (χ0n) is 19.4. The van der Waals surface area contributed by atoms with Crippen molar-refractivity contribution in [2.24, 2.45) is 10.9 Å². The van der Waals surface area contributed by atoms with E-state index in [-0.39, 0.29) is 24.0 Å². The maximum atomic E-state index is 5.60. The Kier molecular flexibility index (Phi) is 12.2. The Morgan fingerprint density at radius 2 is 1.60 bits per heavy atom. The normalized spacial score (nSPS) is 25.4. The number of ether oxygens (including phenoxy) is 2. The average molecular weight is 538 g/mol. The molecule has 3 aliphatic rings. The number of morpholine rings is 2. The second-order valence-electron chi connectivity index (χ2n) is 8.52. The van der Waals surface area contributed by atoms with Crippen LogP contribution in [0.1, 0.15) is 40.0 Å². The highest BCUT2D eigenvalue weighted by Crippen LogP contribution is 2.21. The summed E-state index contributed by atoms with van der Waals surface area (Å²) in [5.41, 5.74) is 0. The van der Waals surface area contributed by atoms with Gasteiger partial charge in [-0.05, 0) is 19.3 Å². The van der Waals surface area contributed by atoms with Gasteiger partial charge in [0.25, 0.3) is 0 Å². The third-order valence-electron chi connectivity index (χ3n) is 6.90. The summed E-state index contributed by atoms with van der Waals surface area (Å²) < 4.78 is 11.1. The minimum atomic E-state index is 0. The van der Waals surface area contributed by atoms with Crippen LogP contribution in [0.25, 0.3) is 0 Å². The minimum absolute atomic E-state index is 0. The van der Waals surface area contributed by atoms with Gasteiger partial charge >= 0.3 is 0 Å². The van der Waals surface area contributed by atoms with Gasteiger partial charge in [-0.15, -0.1) is 24.0 Å². The van der Waals surface area contributed by atoms with Gasteiger partial charge in [0.05, 0.1) is 33.0 Å². The molecule has 1 N–H and O–H groups in total. The standard InChI is InChI=1S/C22H43N5O2.HI/c1-4-19(5-2)21(26-11-15-29-16-12-26)17-24-22(23-6-3)27-8-7-20(18-27)25-9-13-28-14-10-25;/h19-21H,4-18H2,1-3H3,(H,23,24);1H. The van der Waals surface area contributed by atoms with Crippen molar-refractivity contribution in [1.29, 1.82) is 0 Å². The van der Waals surface area contributed by atoms with Gasteiger partial charge in [0.15, 0.2) is 5.96 Å². The highest BCUT2D eigenvalue weighted by atomic mass is 127. The monoisotopic (exact) mass is 537 g/mol. The highest BCUT2D eigenvalue weighted by Gasteiger charge is 2.31. The predicted molar refractivity (Wildman–Crippen MR) is 134 cm³/mol. The molecule has 8 heteroatoms. The smallest absolute Gasteiger partial charge is 0.194 e. The zero-order valence-corrected chi connectivity index (χ0v) is 21.7. The van der Waals surface area contributed by atoms with Gasteiger partial charge in [0, 0.05) is 57.9 Å². The molecule has 0 aromatic rings. The third-order valence-corrected chi connectivity index (χ3v) is 6.90. The molecular weight excluding hydrogens is 493 g/mol. The van der Waals surface area contributed by atoms with Crippen molar-refractivity contribution in [3.05, 3.63) is 0 Å². The molecule has 3 fully saturated rings. The Morgan fingerprint density at radius 3 is 2.20 bits per heavy atom. The molecule has 0 saturated carbocycles. The van der Waals surface area contributed by atoms with Crippen LogP contribution < -0.4 is 5.32 Å². The lowest BCUT2D eigenvalue weighted by atomic mass is 9.92. The van der Waals surface area contributed by atoms with E-state index >= 15 is 0 Å². The lowest BCUT2D eigenvalue weighted by molar-refractivity contribution is 0.00390. The van der Waals surface area contributed by atoms with Crippen molar-refractivity contribution in [2.45, 2.75) is 52.1 Å². The van der Waals surface area contributed by atoms with Crippen LogP contribution in [0.15, 0.2) is 4.99 Å². The molecule has 0 aromatic heterocycles. The van der Waals surface area contributed by atoms with Crippen LogP contribution in [0, 0.1) is 5.92 Å². The number of halogens is 1. The number of hydrogen-bond acceptors (Lipinski definition) is 5. The van der Waals surface area contributed by atoms with Crippen molar-refractivity contribution in [3.63, 3.8) is 0 Å². The first kappa shape index (κ1) is 26.1. The molecule has 0 aliphatic carbocycles. The van der Waals surface area contributed by atoms with Gasteiger partial charge in [0.1, 0.15) is 0 Å². The molecule has 3 aliphatic heterocycles. The molecule has 176 valence electrons. The molecule has 0 amide bonds. The molecule has 0 aromatic carbocycles. The first-order valence-electron chi connectivity index (χ1n) is 11.9. The van der Waals surface area contributed by atoms with Gasteiger partial charge in [-0.3, -0.25) is 14.8 Å². The summed E-state index contributed by atoms with van der Waals surface area (Å²) in [4.78, 5) is 12.9. The second kappa shape index (κ2) is 14.1. The van der Waals surface area contributed by atoms with Crippen molar-refractivity contribution >= 4 is 29.9 Å². The van der Waals surface area contributed by atoms with Crippen LogP contribution in [-0.4, -0.2) is 112 Å². The van der Waals surface area contributed by atoms with Crippen molar-refractivity contribution < 1.29 is 9.47 Å². The third kappa shape index (κ3) is 7.18. The van der Waals surface area contributed by atoms with E-state index in [0.717, 1.165) is 84.7 Å². The van der Waals surface area contributed by atoms with Crippen LogP contribution in [0.4, 0.5) is 0 Å². The maximum Gasteiger partial charge on any atom is 0.194 e. The van der Waals surface area contributed by atoms with Crippen LogP contribution in [-0.2, 0) is 9.47 Å². The Bertz CT molecular complexity index is 494. The Balaban J connectivity index is 0.00000320. The van der Waals surface area contributed by atoms with Crippen molar-refractivity contribution in [1.82, 2.24) is 20.0 Å². The number of rotatable bonds is 8. The average Bonchev–Trinajstić information content (AvgIpc) is 3.27. The van der Waals surface area contributed by atoms with E-state index in [1.54, 1.807) is 0 Å². The molecule has 2 unspecified atom stereocenters. The number of nitrogens with one attached hydrogen (secondary N) is 1. The highest BCUT2D eigenvalue weighted by molar-refractivity contribution is 14.0. The summed E-state index contributed by atoms with van der Waals surface area (Å²) in [6, 6.07) is 1.15. The SMILES string of the molecule is CCNC(=NCC(C(CC)CC)N1CCOCC1)N1CCC(N2CCOCC2)C1.I. The fraction of sp³-hybridized carbons (Fsp3) is 0.955. The molecule has 0 bridgehead atoms. The Morgan fingerprint density at radius 1 is 0.967 bits per heavy atom. The molecule has 2 atom stereocenters. The van der Waals surface area contributed by atoms with E-state index in [9.17, 15) is 0 Å². The molecule has 0 spiro atoms. The summed E-state index contributed by atoms with van der Waals surface area (Å²) in [5, 5.41) is 3.57. The van der Waals surface area contributed by atoms with Crippen LogP contribution in [0.5, 0.6) is 0 Å². The van der Waals surface area contributed by atoms with Crippen molar-refractivity contribution in [2.75, 3.05) is 78.8 Å². The zero-order chi connectivity index (χ0) is 20.5. The van der Waals surface area contributed by atoms with E-state index < -0.39 is 0 Å². The molecule has 3 rings (SSSR count). The van der Waals surface area contributed by atoms with E-state index in [4.69, 9.17) is 14.5 Å². The van der Waals surface area contributed by atoms with Crippen LogP contribution in [0.3, 0.4) is 0 Å². The summed E-state index contributed by atoms with van der Waals surface area (Å²) in [6.07, 6.45) is 3.66. The number of likely N-dealkylation sites (tertiary alicyclic amines) is 1. The van der Waals surface area contributed by atoms with Crippen LogP contribution in [0.2, 0.25) is 0 Å². The summed E-state index contributed by atoms with van der Waals surface area (Å²) in [6.45, 7) is 18.5. The first-order valence-corrected chi connectivity index (χ1v) is 11.9. The topological polar surface area (TPSA) is 52.6 Å². The Labute approximate surface area is 200 Å². The fourth-order valence-corrected chi connectivity index (χ4v) is 5.09. The largest absolute Gasteiger partial charge is 0.379 e. The second-order valence-corrected chi connectivity index (χ2v) is 8.52. The van der Waals surface area contributed by atoms with E-state index in [2.05, 4.69) is 40.8 Å². The lowest BCUT2D eigenvalue weighted by Gasteiger charge is -2.38. The van der Waals surface area contributed by atoms with E-state index in [1.165, 1.54) is 19.3 Å². The van der Waals surface area contributed by atoms with Gasteiger partial charge < -0.3 is 19.7 Å². The number of aliphatic imine (C=N–C) groups is 1. The summed E-state index contributed by atoms with van der Waals surface area (Å²) >= 11 is 0. The van der Waals surface area contributed by atoms with Gasteiger partial charge in [0.2, 0.25) is 0 Å². The minimum Gasteiger partial charge on any atom is -0.379 e. The number of hydrogen-bond donors (Lipinski definition) is 1. The Hall–Kier alpha value is -0.160. The molecule has 30 heavy (non-hydrogen) atoms. The number of guanidine groups is 1. The number of nitrogens with zero attached hydrogens (tertiary/aromatic N) is 4. The maximum absolute atomic E-state index is 5.60. The van der Waals surface area contributed by atoms with Crippen LogP contribution >= 0.6 is 24.0 Å². The van der Waals surface area contributed by atoms with E-state index in [0.29, 0.717) is 18.0 Å². The van der Waals surface area contributed by atoms with Gasteiger partial charge in [-0.1, -0.05) is 26.7 Å². The summed E-state index contributed by atoms with van der Waals surface area (Å²) in [5.74, 6) is 1.80. The molecule has 3 saturated heterocycles. The molecule has 0 radical (unpaired) electrons. The quantitative estimate of drug-likeness (QED) is 0.291. The molecule has 7 nitrogen and oxygen atoms in total. The van der Waals surface area contributed by atoms with E-state index in [1.807, 2.05) is 0 Å². The molecule has 3 heterocycles. The van der Waals surface area contributed by atoms with Crippen molar-refractivity contribution in [3.8, 4) is 0 Å². The van der Waals surface area contributed by atoms with Gasteiger partial charge in [-0.2, -0.15) is 0 Å². The van der Waals surface area contributed by atoms with Gasteiger partial charge in [-0.25, -0.2) is 0 Å². The fourth-order valence-electron chi connectivity index (χ4n) is 5.09. The summed E-state index contributed by atoms with van der Waals surface area (Å²) in [7, 11) is 0. The predicted octanol–water partition coefficient (Wildman–Crippen LogP) is 2.11. The molecular formula is C22H44IN5O2.